The van der Waals surface area contributed by atoms with Crippen LogP contribution in [0.3, 0.4) is 0 Å². The maximum absolute atomic E-state index is 13.5. The van der Waals surface area contributed by atoms with Crippen molar-refractivity contribution in [2.45, 2.75) is 103 Å². The molecule has 3 rings (SSSR count). The van der Waals surface area contributed by atoms with Crippen molar-refractivity contribution in [1.82, 2.24) is 5.32 Å². The van der Waals surface area contributed by atoms with E-state index in [2.05, 4.69) is 19.2 Å². The second-order valence-electron chi connectivity index (χ2n) is 9.59. The third-order valence-electron chi connectivity index (χ3n) is 6.18. The van der Waals surface area contributed by atoms with Crippen LogP contribution in [0.15, 0.2) is 18.2 Å². The van der Waals surface area contributed by atoms with Crippen LogP contribution in [0.2, 0.25) is 5.02 Å². The highest BCUT2D eigenvalue weighted by Gasteiger charge is 2.57. The summed E-state index contributed by atoms with van der Waals surface area (Å²) in [6.07, 6.45) is 4.06. The van der Waals surface area contributed by atoms with Gasteiger partial charge in [0.05, 0.1) is 23.2 Å². The van der Waals surface area contributed by atoms with Crippen LogP contribution in [0.1, 0.15) is 76.6 Å². The van der Waals surface area contributed by atoms with Crippen LogP contribution in [-0.2, 0) is 23.7 Å². The minimum Gasteiger partial charge on any atom is -0.379 e. The molecule has 1 aromatic rings. The Morgan fingerprint density at radius 2 is 1.86 bits per heavy atom. The van der Waals surface area contributed by atoms with E-state index in [1.807, 2.05) is 0 Å². The Kier molecular flexibility index (Phi) is 10.8. The third kappa shape index (κ3) is 7.84. The minimum absolute atomic E-state index is 0.0325. The molecule has 1 N–H and O–H groups in total. The lowest BCUT2D eigenvalue weighted by Crippen LogP contribution is -2.53. The fourth-order valence-corrected chi connectivity index (χ4v) is 4.65. The van der Waals surface area contributed by atoms with Crippen molar-refractivity contribution in [2.75, 3.05) is 19.8 Å². The number of nitrogens with one attached hydrogen (secondary N) is 1. The van der Waals surface area contributed by atoms with Gasteiger partial charge in [-0.15, -0.1) is 0 Å². The molecular weight excluding hydrogens is 477 g/mol. The van der Waals surface area contributed by atoms with E-state index in [0.717, 1.165) is 44.6 Å². The average molecular weight is 516 g/mol. The van der Waals surface area contributed by atoms with Crippen LogP contribution in [0, 0.1) is 5.82 Å². The Hall–Kier alpha value is -1.29. The fraction of sp³-hybridized carbons (Fsp3) is 0.731. The lowest BCUT2D eigenvalue weighted by Gasteiger charge is -2.31. The quantitative estimate of drug-likeness (QED) is 0.342. The molecule has 35 heavy (non-hydrogen) atoms. The van der Waals surface area contributed by atoms with Crippen molar-refractivity contribution in [3.05, 3.63) is 34.6 Å². The lowest BCUT2D eigenvalue weighted by molar-refractivity contribution is -0.223. The van der Waals surface area contributed by atoms with Gasteiger partial charge in [-0.3, -0.25) is 4.79 Å². The van der Waals surface area contributed by atoms with Crippen LogP contribution in [0.25, 0.3) is 0 Å². The molecule has 9 heteroatoms. The number of fused-ring (bicyclic) bond motifs is 1. The molecule has 198 valence electrons. The number of hydrogen-bond acceptors (Lipinski definition) is 6. The number of hydrogen-bond donors (Lipinski definition) is 1. The summed E-state index contributed by atoms with van der Waals surface area (Å²) >= 11 is 6.14. The Morgan fingerprint density at radius 3 is 2.54 bits per heavy atom. The van der Waals surface area contributed by atoms with Crippen molar-refractivity contribution < 1.29 is 32.9 Å². The van der Waals surface area contributed by atoms with Crippen molar-refractivity contribution in [3.8, 4) is 0 Å². The first-order chi connectivity index (χ1) is 16.8. The summed E-state index contributed by atoms with van der Waals surface area (Å²) in [4.78, 5) is 13.1. The zero-order chi connectivity index (χ0) is 25.4. The molecule has 0 bridgehead atoms. The van der Waals surface area contributed by atoms with Gasteiger partial charge in [-0.25, -0.2) is 4.39 Å². The molecule has 0 aliphatic carbocycles. The summed E-state index contributed by atoms with van der Waals surface area (Å²) in [5.41, 5.74) is 0.171. The van der Waals surface area contributed by atoms with Gasteiger partial charge in [0.15, 0.2) is 12.1 Å². The maximum Gasteiger partial charge on any atom is 0.253 e. The van der Waals surface area contributed by atoms with Gasteiger partial charge in [0, 0.05) is 13.2 Å². The first-order valence-electron chi connectivity index (χ1n) is 12.7. The molecule has 1 amide bonds. The highest BCUT2D eigenvalue weighted by atomic mass is 35.5. The molecule has 0 unspecified atom stereocenters. The Balaban J connectivity index is 1.77. The topological polar surface area (TPSA) is 75.2 Å². The smallest absolute Gasteiger partial charge is 0.253 e. The molecular formula is C26H39ClFNO6. The normalized spacial score (nSPS) is 26.0. The summed E-state index contributed by atoms with van der Waals surface area (Å²) in [5, 5.41) is 3.03. The SMILES string of the molecule is CCCCCOC[C@@H](OCCCCC)[C@H]1O[C@@H]2OC(C)(C)O[C@@H]2[C@H]1NC(=O)c1ccc(F)cc1Cl. The van der Waals surface area contributed by atoms with E-state index in [-0.39, 0.29) is 10.6 Å². The molecule has 1 aromatic carbocycles. The standard InChI is InChI=1S/C26H39ClFNO6/c1-5-7-9-13-31-16-20(32-14-10-8-6-2)22-21(23-25(33-22)35-26(3,4)34-23)29-24(30)18-12-11-17(28)15-19(18)27/h11-12,15,20-23,25H,5-10,13-14,16H2,1-4H3,(H,29,30)/t20-,21+,22-,23-,25-/m1/s1. The van der Waals surface area contributed by atoms with Gasteiger partial charge in [-0.1, -0.05) is 51.1 Å². The molecule has 0 radical (unpaired) electrons. The minimum atomic E-state index is -0.856. The van der Waals surface area contributed by atoms with Gasteiger partial charge < -0.3 is 29.0 Å². The summed E-state index contributed by atoms with van der Waals surface area (Å²) in [6.45, 7) is 9.40. The van der Waals surface area contributed by atoms with Gasteiger partial charge in [-0.2, -0.15) is 0 Å². The number of ether oxygens (including phenoxy) is 5. The molecule has 2 heterocycles. The summed E-state index contributed by atoms with van der Waals surface area (Å²) in [7, 11) is 0. The zero-order valence-corrected chi connectivity index (χ0v) is 21.9. The number of benzene rings is 1. The molecule has 2 aliphatic heterocycles. The second-order valence-corrected chi connectivity index (χ2v) is 10.00. The number of amides is 1. The van der Waals surface area contributed by atoms with Gasteiger partial charge >= 0.3 is 0 Å². The van der Waals surface area contributed by atoms with Crippen LogP contribution in [-0.4, -0.2) is 62.2 Å². The Morgan fingerprint density at radius 1 is 1.14 bits per heavy atom. The highest BCUT2D eigenvalue weighted by molar-refractivity contribution is 6.33. The van der Waals surface area contributed by atoms with Crippen molar-refractivity contribution in [1.29, 1.82) is 0 Å². The largest absolute Gasteiger partial charge is 0.379 e. The number of halogens is 2. The van der Waals surface area contributed by atoms with Crippen LogP contribution < -0.4 is 5.32 Å². The first-order valence-corrected chi connectivity index (χ1v) is 13.1. The van der Waals surface area contributed by atoms with Crippen molar-refractivity contribution in [2.24, 2.45) is 0 Å². The monoisotopic (exact) mass is 515 g/mol. The summed E-state index contributed by atoms with van der Waals surface area (Å²) in [6, 6.07) is 3.10. The van der Waals surface area contributed by atoms with E-state index in [9.17, 15) is 9.18 Å². The fourth-order valence-electron chi connectivity index (χ4n) is 4.40. The van der Waals surface area contributed by atoms with E-state index >= 15 is 0 Å². The molecule has 2 fully saturated rings. The Labute approximate surface area is 212 Å². The zero-order valence-electron chi connectivity index (χ0n) is 21.2. The van der Waals surface area contributed by atoms with Gasteiger partial charge in [0.1, 0.15) is 24.1 Å². The van der Waals surface area contributed by atoms with E-state index in [4.69, 9.17) is 35.3 Å². The molecule has 0 aromatic heterocycles. The second kappa shape index (κ2) is 13.3. The molecule has 2 aliphatic rings. The molecule has 5 atom stereocenters. The highest BCUT2D eigenvalue weighted by Crippen LogP contribution is 2.39. The van der Waals surface area contributed by atoms with Crippen LogP contribution >= 0.6 is 11.6 Å². The molecule has 0 saturated carbocycles. The number of carbonyl (C=O) groups is 1. The van der Waals surface area contributed by atoms with E-state index < -0.39 is 48.2 Å². The number of carbonyl (C=O) groups excluding carboxylic acids is 1. The van der Waals surface area contributed by atoms with Gasteiger partial charge in [0.25, 0.3) is 5.91 Å². The van der Waals surface area contributed by atoms with Crippen molar-refractivity contribution >= 4 is 17.5 Å². The van der Waals surface area contributed by atoms with Crippen LogP contribution in [0.4, 0.5) is 4.39 Å². The summed E-state index contributed by atoms with van der Waals surface area (Å²) < 4.78 is 44.0. The predicted octanol–water partition coefficient (Wildman–Crippen LogP) is 5.24. The average Bonchev–Trinajstić information content (AvgIpc) is 3.27. The third-order valence-corrected chi connectivity index (χ3v) is 6.49. The molecule has 0 spiro atoms. The lowest BCUT2D eigenvalue weighted by atomic mass is 10.0. The van der Waals surface area contributed by atoms with Gasteiger partial charge in [-0.05, 0) is 44.9 Å². The van der Waals surface area contributed by atoms with E-state index in [1.165, 1.54) is 12.1 Å². The van der Waals surface area contributed by atoms with Gasteiger partial charge in [0.2, 0.25) is 0 Å². The van der Waals surface area contributed by atoms with Crippen molar-refractivity contribution in [3.63, 3.8) is 0 Å². The number of rotatable bonds is 14. The molecule has 7 nitrogen and oxygen atoms in total. The Bertz CT molecular complexity index is 825. The van der Waals surface area contributed by atoms with E-state index in [1.54, 1.807) is 13.8 Å². The summed E-state index contributed by atoms with van der Waals surface area (Å²) in [5.74, 6) is -1.81. The van der Waals surface area contributed by atoms with E-state index in [0.29, 0.717) is 19.8 Å². The first kappa shape index (κ1) is 28.3. The predicted molar refractivity (Wildman–Crippen MR) is 131 cm³/mol. The van der Waals surface area contributed by atoms with Crippen LogP contribution in [0.5, 0.6) is 0 Å². The number of unbranched alkanes of at least 4 members (excludes halogenated alkanes) is 4. The molecule has 2 saturated heterocycles. The maximum atomic E-state index is 13.5.